The van der Waals surface area contributed by atoms with E-state index in [0.717, 1.165) is 0 Å². The Morgan fingerprint density at radius 3 is 2.48 bits per heavy atom. The predicted octanol–water partition coefficient (Wildman–Crippen LogP) is 2.28. The standard InChI is InChI=1S/C15H13FN2O3/c1-18(12-5-3-11(16)4-6-12)14(19)10-7-8-17-13(9-10)15(20)21-2/h3-9H,1-2H3. The summed E-state index contributed by atoms with van der Waals surface area (Å²) in [6, 6.07) is 8.38. The molecule has 0 radical (unpaired) electrons. The van der Waals surface area contributed by atoms with Crippen molar-refractivity contribution >= 4 is 17.6 Å². The Morgan fingerprint density at radius 1 is 1.19 bits per heavy atom. The van der Waals surface area contributed by atoms with Crippen LogP contribution < -0.4 is 4.90 Å². The van der Waals surface area contributed by atoms with Crippen molar-refractivity contribution in [1.82, 2.24) is 4.98 Å². The number of aromatic nitrogens is 1. The number of ether oxygens (including phenoxy) is 1. The van der Waals surface area contributed by atoms with Crippen LogP contribution >= 0.6 is 0 Å². The van der Waals surface area contributed by atoms with Gasteiger partial charge in [0.15, 0.2) is 0 Å². The molecule has 0 saturated heterocycles. The number of rotatable bonds is 3. The number of pyridine rings is 1. The number of benzene rings is 1. The number of carbonyl (C=O) groups excluding carboxylic acids is 2. The van der Waals surface area contributed by atoms with Crippen molar-refractivity contribution < 1.29 is 18.7 Å². The van der Waals surface area contributed by atoms with Crippen LogP contribution in [0.25, 0.3) is 0 Å². The van der Waals surface area contributed by atoms with Gasteiger partial charge in [0.2, 0.25) is 0 Å². The molecule has 1 heterocycles. The Kier molecular flexibility index (Phi) is 4.27. The Labute approximate surface area is 121 Å². The van der Waals surface area contributed by atoms with E-state index in [1.165, 1.54) is 54.6 Å². The maximum absolute atomic E-state index is 12.9. The van der Waals surface area contributed by atoms with Gasteiger partial charge in [-0.05, 0) is 36.4 Å². The van der Waals surface area contributed by atoms with Crippen molar-refractivity contribution in [3.05, 3.63) is 59.7 Å². The first kappa shape index (κ1) is 14.6. The lowest BCUT2D eigenvalue weighted by Crippen LogP contribution is -2.26. The first-order valence-corrected chi connectivity index (χ1v) is 6.11. The van der Waals surface area contributed by atoms with Gasteiger partial charge in [0.05, 0.1) is 7.11 Å². The largest absolute Gasteiger partial charge is 0.464 e. The minimum Gasteiger partial charge on any atom is -0.464 e. The van der Waals surface area contributed by atoms with Crippen molar-refractivity contribution in [1.29, 1.82) is 0 Å². The minimum atomic E-state index is -0.617. The van der Waals surface area contributed by atoms with Crippen molar-refractivity contribution in [3.8, 4) is 0 Å². The molecule has 0 atom stereocenters. The predicted molar refractivity (Wildman–Crippen MR) is 74.7 cm³/mol. The molecule has 0 saturated carbocycles. The maximum atomic E-state index is 12.9. The molecule has 2 aromatic rings. The average Bonchev–Trinajstić information content (AvgIpc) is 2.53. The topological polar surface area (TPSA) is 59.5 Å². The molecule has 1 aromatic heterocycles. The second-order valence-corrected chi connectivity index (χ2v) is 4.26. The summed E-state index contributed by atoms with van der Waals surface area (Å²) in [6.45, 7) is 0. The van der Waals surface area contributed by atoms with Crippen molar-refractivity contribution in [3.63, 3.8) is 0 Å². The third kappa shape index (κ3) is 3.22. The van der Waals surface area contributed by atoms with E-state index in [1.807, 2.05) is 0 Å². The lowest BCUT2D eigenvalue weighted by Gasteiger charge is -2.17. The van der Waals surface area contributed by atoms with Crippen molar-refractivity contribution in [2.45, 2.75) is 0 Å². The van der Waals surface area contributed by atoms with Gasteiger partial charge in [0, 0.05) is 24.5 Å². The van der Waals surface area contributed by atoms with Crippen LogP contribution in [0.15, 0.2) is 42.6 Å². The van der Waals surface area contributed by atoms with E-state index in [1.54, 1.807) is 7.05 Å². The van der Waals surface area contributed by atoms with Crippen LogP contribution in [0.4, 0.5) is 10.1 Å². The summed E-state index contributed by atoms with van der Waals surface area (Å²) in [7, 11) is 2.80. The highest BCUT2D eigenvalue weighted by atomic mass is 19.1. The minimum absolute atomic E-state index is 0.0517. The molecule has 108 valence electrons. The van der Waals surface area contributed by atoms with Gasteiger partial charge in [-0.15, -0.1) is 0 Å². The maximum Gasteiger partial charge on any atom is 0.356 e. The van der Waals surface area contributed by atoms with Gasteiger partial charge in [-0.2, -0.15) is 0 Å². The molecule has 5 nitrogen and oxygen atoms in total. The van der Waals surface area contributed by atoms with E-state index in [-0.39, 0.29) is 23.0 Å². The molecule has 1 aromatic carbocycles. The fraction of sp³-hybridized carbons (Fsp3) is 0.133. The molecule has 0 aliphatic heterocycles. The van der Waals surface area contributed by atoms with Crippen LogP contribution in [-0.2, 0) is 4.74 Å². The van der Waals surface area contributed by atoms with Crippen LogP contribution in [0.5, 0.6) is 0 Å². The number of anilines is 1. The number of carbonyl (C=O) groups is 2. The summed E-state index contributed by atoms with van der Waals surface area (Å²) in [5, 5.41) is 0. The second-order valence-electron chi connectivity index (χ2n) is 4.26. The van der Waals surface area contributed by atoms with Gasteiger partial charge in [0.25, 0.3) is 5.91 Å². The molecule has 0 N–H and O–H groups in total. The number of esters is 1. The molecular formula is C15H13FN2O3. The number of hydrogen-bond acceptors (Lipinski definition) is 4. The van der Waals surface area contributed by atoms with Crippen LogP contribution in [0.1, 0.15) is 20.8 Å². The van der Waals surface area contributed by atoms with E-state index < -0.39 is 5.97 Å². The Bertz CT molecular complexity index is 671. The second kappa shape index (κ2) is 6.13. The fourth-order valence-electron chi connectivity index (χ4n) is 1.76. The molecule has 21 heavy (non-hydrogen) atoms. The third-order valence-corrected chi connectivity index (χ3v) is 2.92. The first-order valence-electron chi connectivity index (χ1n) is 6.11. The van der Waals surface area contributed by atoms with E-state index in [0.29, 0.717) is 5.69 Å². The van der Waals surface area contributed by atoms with Crippen LogP contribution in [0.3, 0.4) is 0 Å². The molecule has 6 heteroatoms. The smallest absolute Gasteiger partial charge is 0.356 e. The Morgan fingerprint density at radius 2 is 1.86 bits per heavy atom. The summed E-state index contributed by atoms with van der Waals surface area (Å²) in [6.07, 6.45) is 1.36. The molecule has 0 unspecified atom stereocenters. The zero-order chi connectivity index (χ0) is 15.4. The lowest BCUT2D eigenvalue weighted by atomic mass is 10.2. The highest BCUT2D eigenvalue weighted by molar-refractivity contribution is 6.06. The molecule has 0 spiro atoms. The van der Waals surface area contributed by atoms with E-state index in [4.69, 9.17) is 0 Å². The van der Waals surface area contributed by atoms with E-state index in [9.17, 15) is 14.0 Å². The monoisotopic (exact) mass is 288 g/mol. The van der Waals surface area contributed by atoms with Crippen LogP contribution in [-0.4, -0.2) is 31.0 Å². The zero-order valence-electron chi connectivity index (χ0n) is 11.5. The zero-order valence-corrected chi connectivity index (χ0v) is 11.5. The summed E-state index contributed by atoms with van der Waals surface area (Å²) in [5.74, 6) is -1.33. The fourth-order valence-corrected chi connectivity index (χ4v) is 1.76. The number of halogens is 1. The van der Waals surface area contributed by atoms with Crippen molar-refractivity contribution in [2.24, 2.45) is 0 Å². The molecule has 2 rings (SSSR count). The number of methoxy groups -OCH3 is 1. The average molecular weight is 288 g/mol. The van der Waals surface area contributed by atoms with Gasteiger partial charge in [-0.3, -0.25) is 4.79 Å². The molecule has 1 amide bonds. The Hall–Kier alpha value is -2.76. The molecular weight excluding hydrogens is 275 g/mol. The molecule has 0 aliphatic rings. The van der Waals surface area contributed by atoms with Crippen LogP contribution in [0.2, 0.25) is 0 Å². The van der Waals surface area contributed by atoms with Gasteiger partial charge >= 0.3 is 5.97 Å². The molecule has 0 fully saturated rings. The van der Waals surface area contributed by atoms with Gasteiger partial charge in [-0.1, -0.05) is 0 Å². The number of amides is 1. The summed E-state index contributed by atoms with van der Waals surface area (Å²) < 4.78 is 17.5. The first-order chi connectivity index (χ1) is 10.0. The highest BCUT2D eigenvalue weighted by Gasteiger charge is 2.16. The number of nitrogens with zero attached hydrogens (tertiary/aromatic N) is 2. The normalized spacial score (nSPS) is 10.0. The van der Waals surface area contributed by atoms with Gasteiger partial charge in [-0.25, -0.2) is 14.2 Å². The van der Waals surface area contributed by atoms with Crippen LogP contribution in [0, 0.1) is 5.82 Å². The quantitative estimate of drug-likeness (QED) is 0.813. The molecule has 0 bridgehead atoms. The van der Waals surface area contributed by atoms with E-state index >= 15 is 0 Å². The summed E-state index contributed by atoms with van der Waals surface area (Å²) >= 11 is 0. The highest BCUT2D eigenvalue weighted by Crippen LogP contribution is 2.16. The Balaban J connectivity index is 2.27. The van der Waals surface area contributed by atoms with Gasteiger partial charge in [0.1, 0.15) is 11.5 Å². The van der Waals surface area contributed by atoms with Gasteiger partial charge < -0.3 is 9.64 Å². The SMILES string of the molecule is COC(=O)c1cc(C(=O)N(C)c2ccc(F)cc2)ccn1. The van der Waals surface area contributed by atoms with E-state index in [2.05, 4.69) is 9.72 Å². The number of hydrogen-bond donors (Lipinski definition) is 0. The summed E-state index contributed by atoms with van der Waals surface area (Å²) in [4.78, 5) is 29.0. The lowest BCUT2D eigenvalue weighted by molar-refractivity contribution is 0.0594. The molecule has 0 aliphatic carbocycles. The third-order valence-electron chi connectivity index (χ3n) is 2.92. The van der Waals surface area contributed by atoms with Crippen molar-refractivity contribution in [2.75, 3.05) is 19.1 Å². The summed E-state index contributed by atoms with van der Waals surface area (Å²) in [5.41, 5.74) is 0.880.